The van der Waals surface area contributed by atoms with Crippen LogP contribution in [0.4, 0.5) is 0 Å². The van der Waals surface area contributed by atoms with Gasteiger partial charge in [-0.05, 0) is 37.0 Å². The highest BCUT2D eigenvalue weighted by molar-refractivity contribution is 5.93. The van der Waals surface area contributed by atoms with Gasteiger partial charge in [-0.3, -0.25) is 4.79 Å². The minimum atomic E-state index is -1.23. The molecule has 0 fully saturated rings. The number of aliphatic carboxylic acids is 1. The Hall–Kier alpha value is -2.85. The summed E-state index contributed by atoms with van der Waals surface area (Å²) in [5.74, 6) is -1.58. The van der Waals surface area contributed by atoms with Crippen LogP contribution in [-0.2, 0) is 26.3 Å². The molecule has 0 bridgehead atoms. The molecule has 1 aliphatic rings. The fraction of sp³-hybridized carbons (Fsp3) is 0.450. The summed E-state index contributed by atoms with van der Waals surface area (Å²) in [5, 5.41) is 22.8. The van der Waals surface area contributed by atoms with Crippen molar-refractivity contribution in [3.05, 3.63) is 34.5 Å². The number of nitrogens with one attached hydrogen (secondary N) is 2. The Kier molecular flexibility index (Phi) is 4.94. The van der Waals surface area contributed by atoms with Gasteiger partial charge in [0.1, 0.15) is 5.60 Å². The largest absolute Gasteiger partial charge is 0.480 e. The number of fused-ring (bicyclic) bond motifs is 3. The number of benzene rings is 1. The van der Waals surface area contributed by atoms with E-state index in [1.54, 1.807) is 6.07 Å². The van der Waals surface area contributed by atoms with E-state index < -0.39 is 23.5 Å². The summed E-state index contributed by atoms with van der Waals surface area (Å²) >= 11 is 0. The van der Waals surface area contributed by atoms with E-state index in [-0.39, 0.29) is 0 Å². The first-order valence-corrected chi connectivity index (χ1v) is 9.04. The number of carboxylic acids is 1. The molecule has 2 atom stereocenters. The molecule has 1 aromatic heterocycles. The zero-order valence-electron chi connectivity index (χ0n) is 15.7. The summed E-state index contributed by atoms with van der Waals surface area (Å²) in [7, 11) is 0. The van der Waals surface area contributed by atoms with Crippen LogP contribution in [0.5, 0.6) is 0 Å². The number of hydrogen-bond donors (Lipinski definition) is 3. The first kappa shape index (κ1) is 18.9. The second-order valence-corrected chi connectivity index (χ2v) is 6.98. The Morgan fingerprint density at radius 3 is 2.81 bits per heavy atom. The molecule has 3 rings (SSSR count). The molecule has 1 aromatic carbocycles. The van der Waals surface area contributed by atoms with Crippen LogP contribution in [-0.4, -0.2) is 34.6 Å². The van der Waals surface area contributed by atoms with Crippen molar-refractivity contribution in [2.75, 3.05) is 6.61 Å². The van der Waals surface area contributed by atoms with Gasteiger partial charge in [-0.2, -0.15) is 5.26 Å². The molecule has 0 radical (unpaired) electrons. The Balaban J connectivity index is 2.33. The van der Waals surface area contributed by atoms with E-state index in [0.717, 1.165) is 22.0 Å². The summed E-state index contributed by atoms with van der Waals surface area (Å²) in [6.45, 7) is 5.50. The van der Waals surface area contributed by atoms with Crippen LogP contribution in [0, 0.1) is 18.3 Å². The molecule has 27 heavy (non-hydrogen) atoms. The lowest BCUT2D eigenvalue weighted by molar-refractivity contribution is -0.159. The van der Waals surface area contributed by atoms with Crippen LogP contribution >= 0.6 is 0 Å². The predicted octanol–water partition coefficient (Wildman–Crippen LogP) is 2.51. The molecular formula is C20H23N3O4. The number of aromatic amines is 1. The Morgan fingerprint density at radius 2 is 2.22 bits per heavy atom. The van der Waals surface area contributed by atoms with Gasteiger partial charge >= 0.3 is 5.97 Å². The first-order chi connectivity index (χ1) is 12.9. The summed E-state index contributed by atoms with van der Waals surface area (Å²) in [4.78, 5) is 27.1. The molecule has 1 amide bonds. The molecule has 7 nitrogen and oxygen atoms in total. The number of nitriles is 1. The molecule has 0 spiro atoms. The van der Waals surface area contributed by atoms with Crippen LogP contribution in [0.25, 0.3) is 10.9 Å². The van der Waals surface area contributed by atoms with Crippen LogP contribution < -0.4 is 5.32 Å². The maximum atomic E-state index is 12.1. The van der Waals surface area contributed by atoms with E-state index in [2.05, 4.69) is 16.4 Å². The maximum Gasteiger partial charge on any atom is 0.329 e. The van der Waals surface area contributed by atoms with Crippen molar-refractivity contribution >= 4 is 22.8 Å². The Bertz CT molecular complexity index is 956. The van der Waals surface area contributed by atoms with E-state index in [1.807, 2.05) is 19.9 Å². The van der Waals surface area contributed by atoms with E-state index in [4.69, 9.17) is 4.74 Å². The highest BCUT2D eigenvalue weighted by Crippen LogP contribution is 2.43. The van der Waals surface area contributed by atoms with Gasteiger partial charge in [-0.1, -0.05) is 19.4 Å². The van der Waals surface area contributed by atoms with Crippen LogP contribution in [0.2, 0.25) is 0 Å². The van der Waals surface area contributed by atoms with Gasteiger partial charge in [0.25, 0.3) is 0 Å². The summed E-state index contributed by atoms with van der Waals surface area (Å²) in [5.41, 5.74) is 2.68. The van der Waals surface area contributed by atoms with Crippen molar-refractivity contribution in [1.29, 1.82) is 5.26 Å². The number of aryl methyl sites for hydroxylation is 1. The first-order valence-electron chi connectivity index (χ1n) is 9.04. The average molecular weight is 369 g/mol. The number of nitrogens with zero attached hydrogens (tertiary/aromatic N) is 1. The number of aromatic nitrogens is 1. The van der Waals surface area contributed by atoms with Crippen molar-refractivity contribution < 1.29 is 19.4 Å². The van der Waals surface area contributed by atoms with E-state index in [9.17, 15) is 20.0 Å². The molecule has 0 aliphatic carbocycles. The maximum absolute atomic E-state index is 12.1. The number of H-pyrrole nitrogens is 1. The third-order valence-corrected chi connectivity index (χ3v) is 5.20. The van der Waals surface area contributed by atoms with E-state index >= 15 is 0 Å². The molecular weight excluding hydrogens is 346 g/mol. The average Bonchev–Trinajstić information content (AvgIpc) is 3.02. The SMILES string of the molecule is CCC[C@]1([C@H](NC(C)=O)C(=O)O)OCCc2c1[nH]c1c(C)ccc(C#N)c21. The lowest BCUT2D eigenvalue weighted by atomic mass is 9.81. The van der Waals surface area contributed by atoms with Gasteiger partial charge in [0.05, 0.1) is 29.5 Å². The van der Waals surface area contributed by atoms with E-state index in [0.29, 0.717) is 37.1 Å². The number of carbonyl (C=O) groups is 2. The van der Waals surface area contributed by atoms with Crippen LogP contribution in [0.15, 0.2) is 12.1 Å². The highest BCUT2D eigenvalue weighted by atomic mass is 16.5. The van der Waals surface area contributed by atoms with Crippen molar-refractivity contribution in [2.45, 2.75) is 51.7 Å². The predicted molar refractivity (Wildman–Crippen MR) is 99.2 cm³/mol. The van der Waals surface area contributed by atoms with Crippen molar-refractivity contribution in [1.82, 2.24) is 10.3 Å². The van der Waals surface area contributed by atoms with Gasteiger partial charge < -0.3 is 20.1 Å². The smallest absolute Gasteiger partial charge is 0.329 e. The minimum Gasteiger partial charge on any atom is -0.480 e. The normalized spacial score (nSPS) is 19.9. The molecule has 0 saturated heterocycles. The number of ether oxygens (including phenoxy) is 1. The summed E-state index contributed by atoms with van der Waals surface area (Å²) < 4.78 is 6.09. The second-order valence-electron chi connectivity index (χ2n) is 6.98. The quantitative estimate of drug-likeness (QED) is 0.749. The lowest BCUT2D eigenvalue weighted by Gasteiger charge is -2.41. The van der Waals surface area contributed by atoms with Gasteiger partial charge in [0, 0.05) is 12.3 Å². The third-order valence-electron chi connectivity index (χ3n) is 5.20. The number of rotatable bonds is 5. The number of amides is 1. The van der Waals surface area contributed by atoms with Gasteiger partial charge in [-0.25, -0.2) is 4.79 Å². The van der Waals surface area contributed by atoms with Gasteiger partial charge in [0.2, 0.25) is 5.91 Å². The Morgan fingerprint density at radius 1 is 1.48 bits per heavy atom. The molecule has 0 unspecified atom stereocenters. The molecule has 142 valence electrons. The fourth-order valence-electron chi connectivity index (χ4n) is 4.14. The standard InChI is InChI=1S/C20H23N3O4/c1-4-8-20(18(19(25)26)22-12(3)24)17-14(7-9-27-20)15-13(10-21)6-5-11(2)16(15)23-17/h5-6,18,23H,4,7-9H2,1-3H3,(H,22,24)(H,25,26)/t18-,20+/m1/s1. The van der Waals surface area contributed by atoms with Crippen molar-refractivity contribution in [3.63, 3.8) is 0 Å². The number of carbonyl (C=O) groups excluding carboxylic acids is 1. The van der Waals surface area contributed by atoms with Gasteiger partial charge in [-0.15, -0.1) is 0 Å². The van der Waals surface area contributed by atoms with Gasteiger partial charge in [0.15, 0.2) is 6.04 Å². The zero-order valence-corrected chi connectivity index (χ0v) is 15.7. The molecule has 3 N–H and O–H groups in total. The Labute approximate surface area is 157 Å². The third kappa shape index (κ3) is 2.96. The molecule has 2 heterocycles. The van der Waals surface area contributed by atoms with Crippen LogP contribution in [0.1, 0.15) is 49.1 Å². The molecule has 0 saturated carbocycles. The zero-order chi connectivity index (χ0) is 19.8. The number of carboxylic acid groups (broad SMARTS) is 1. The summed E-state index contributed by atoms with van der Waals surface area (Å²) in [6, 6.07) is 4.65. The van der Waals surface area contributed by atoms with Crippen molar-refractivity contribution in [3.8, 4) is 6.07 Å². The molecule has 7 heteroatoms. The monoisotopic (exact) mass is 369 g/mol. The highest BCUT2D eigenvalue weighted by Gasteiger charge is 2.50. The summed E-state index contributed by atoms with van der Waals surface area (Å²) in [6.07, 6.45) is 1.67. The topological polar surface area (TPSA) is 115 Å². The molecule has 1 aliphatic heterocycles. The van der Waals surface area contributed by atoms with Crippen LogP contribution in [0.3, 0.4) is 0 Å². The minimum absolute atomic E-state index is 0.322. The fourth-order valence-corrected chi connectivity index (χ4v) is 4.14. The van der Waals surface area contributed by atoms with Crippen molar-refractivity contribution in [2.24, 2.45) is 0 Å². The number of hydrogen-bond acceptors (Lipinski definition) is 4. The molecule has 2 aromatic rings. The second kappa shape index (κ2) is 7.05. The van der Waals surface area contributed by atoms with E-state index in [1.165, 1.54) is 6.92 Å². The lowest BCUT2D eigenvalue weighted by Crippen LogP contribution is -2.57.